The minimum atomic E-state index is -3.84. The van der Waals surface area contributed by atoms with E-state index in [1.807, 2.05) is 0 Å². The topological polar surface area (TPSA) is 92.8 Å². The third-order valence-electron chi connectivity index (χ3n) is 6.65. The van der Waals surface area contributed by atoms with Gasteiger partial charge in [0.15, 0.2) is 0 Å². The van der Waals surface area contributed by atoms with Crippen molar-refractivity contribution >= 4 is 21.9 Å². The number of nitrogens with zero attached hydrogens (tertiary/aromatic N) is 1. The number of amides is 1. The highest BCUT2D eigenvalue weighted by molar-refractivity contribution is 7.89. The van der Waals surface area contributed by atoms with Crippen LogP contribution in [0.15, 0.2) is 29.2 Å². The molecule has 2 aliphatic rings. The molecule has 1 aliphatic heterocycles. The first-order valence-corrected chi connectivity index (χ1v) is 12.8. The normalized spacial score (nSPS) is 22.9. The van der Waals surface area contributed by atoms with Gasteiger partial charge in [-0.15, -0.1) is 0 Å². The number of esters is 1. The number of rotatable bonds is 8. The second-order valence-electron chi connectivity index (χ2n) is 8.61. The van der Waals surface area contributed by atoms with Gasteiger partial charge in [-0.05, 0) is 50.2 Å². The molecule has 2 atom stereocenters. The zero-order valence-corrected chi connectivity index (χ0v) is 19.3. The van der Waals surface area contributed by atoms with Gasteiger partial charge in [-0.2, -0.15) is 4.31 Å². The standard InChI is InChI=1S/C23H34N2O5S/c1-3-4-8-17-9-7-11-20(17)24-22(26)18-13-15-25(16-14-18)31(28,29)21-12-6-5-10-19(21)23(27)30-2/h5-6,10,12,17-18,20H,3-4,7-9,11,13-16H2,1-2H3,(H,24,26). The summed E-state index contributed by atoms with van der Waals surface area (Å²) in [4.78, 5) is 24.8. The van der Waals surface area contributed by atoms with Crippen LogP contribution in [0.1, 0.15) is 68.6 Å². The van der Waals surface area contributed by atoms with Crippen LogP contribution in [-0.4, -0.2) is 50.8 Å². The molecule has 3 rings (SSSR count). The van der Waals surface area contributed by atoms with Crippen LogP contribution in [0.4, 0.5) is 0 Å². The molecule has 7 nitrogen and oxygen atoms in total. The molecule has 1 aromatic carbocycles. The number of hydrogen-bond donors (Lipinski definition) is 1. The summed E-state index contributed by atoms with van der Waals surface area (Å²) in [6, 6.07) is 6.34. The summed E-state index contributed by atoms with van der Waals surface area (Å²) >= 11 is 0. The molecule has 0 bridgehead atoms. The fourth-order valence-electron chi connectivity index (χ4n) is 4.81. The van der Waals surface area contributed by atoms with Crippen molar-refractivity contribution in [2.45, 2.75) is 69.2 Å². The van der Waals surface area contributed by atoms with Crippen LogP contribution in [0.5, 0.6) is 0 Å². The number of benzene rings is 1. The van der Waals surface area contributed by atoms with Gasteiger partial charge in [0.25, 0.3) is 0 Å². The number of ether oxygens (including phenoxy) is 1. The third-order valence-corrected chi connectivity index (χ3v) is 8.61. The fourth-order valence-corrected chi connectivity index (χ4v) is 6.46. The summed E-state index contributed by atoms with van der Waals surface area (Å²) in [5.41, 5.74) is 0.0317. The molecule has 172 valence electrons. The molecule has 0 aromatic heterocycles. The predicted octanol–water partition coefficient (Wildman–Crippen LogP) is 3.35. The van der Waals surface area contributed by atoms with E-state index in [1.54, 1.807) is 12.1 Å². The molecule has 1 aromatic rings. The molecule has 1 amide bonds. The zero-order valence-electron chi connectivity index (χ0n) is 18.5. The lowest BCUT2D eigenvalue weighted by molar-refractivity contribution is -0.127. The van der Waals surface area contributed by atoms with E-state index in [0.717, 1.165) is 19.3 Å². The molecule has 1 N–H and O–H groups in total. The average Bonchev–Trinajstić information content (AvgIpc) is 3.23. The van der Waals surface area contributed by atoms with E-state index >= 15 is 0 Å². The van der Waals surface area contributed by atoms with Crippen LogP contribution in [0, 0.1) is 11.8 Å². The Hall–Kier alpha value is -1.93. The van der Waals surface area contributed by atoms with Gasteiger partial charge in [-0.3, -0.25) is 4.79 Å². The number of unbranched alkanes of at least 4 members (excludes halogenated alkanes) is 1. The van der Waals surface area contributed by atoms with Crippen LogP contribution >= 0.6 is 0 Å². The van der Waals surface area contributed by atoms with Crippen LogP contribution in [0.2, 0.25) is 0 Å². The highest BCUT2D eigenvalue weighted by atomic mass is 32.2. The first-order valence-electron chi connectivity index (χ1n) is 11.4. The van der Waals surface area contributed by atoms with Gasteiger partial charge in [-0.1, -0.05) is 38.3 Å². The molecule has 31 heavy (non-hydrogen) atoms. The second-order valence-corrected chi connectivity index (χ2v) is 10.5. The van der Waals surface area contributed by atoms with E-state index in [9.17, 15) is 18.0 Å². The lowest BCUT2D eigenvalue weighted by Gasteiger charge is -2.32. The maximum atomic E-state index is 13.1. The van der Waals surface area contributed by atoms with Gasteiger partial charge >= 0.3 is 5.97 Å². The predicted molar refractivity (Wildman–Crippen MR) is 118 cm³/mol. The van der Waals surface area contributed by atoms with Crippen molar-refractivity contribution in [2.75, 3.05) is 20.2 Å². The number of carbonyl (C=O) groups is 2. The van der Waals surface area contributed by atoms with Crippen molar-refractivity contribution in [3.63, 3.8) is 0 Å². The van der Waals surface area contributed by atoms with E-state index in [0.29, 0.717) is 18.8 Å². The average molecular weight is 451 g/mol. The Morgan fingerprint density at radius 3 is 2.52 bits per heavy atom. The SMILES string of the molecule is CCCCC1CCCC1NC(=O)C1CCN(S(=O)(=O)c2ccccc2C(=O)OC)CC1. The molecular formula is C23H34N2O5S. The molecule has 1 saturated heterocycles. The van der Waals surface area contributed by atoms with Crippen LogP contribution in [-0.2, 0) is 19.6 Å². The van der Waals surface area contributed by atoms with Crippen molar-refractivity contribution < 1.29 is 22.7 Å². The van der Waals surface area contributed by atoms with Gasteiger partial charge in [0.05, 0.1) is 17.6 Å². The minimum absolute atomic E-state index is 0.0317. The second kappa shape index (κ2) is 10.6. The molecular weight excluding hydrogens is 416 g/mol. The lowest BCUT2D eigenvalue weighted by atomic mass is 9.94. The smallest absolute Gasteiger partial charge is 0.339 e. The summed E-state index contributed by atoms with van der Waals surface area (Å²) < 4.78 is 32.4. The molecule has 2 fully saturated rings. The quantitative estimate of drug-likeness (QED) is 0.613. The van der Waals surface area contributed by atoms with Gasteiger partial charge in [0.2, 0.25) is 15.9 Å². The van der Waals surface area contributed by atoms with Gasteiger partial charge < -0.3 is 10.1 Å². The van der Waals surface area contributed by atoms with E-state index in [-0.39, 0.29) is 41.4 Å². The van der Waals surface area contributed by atoms with E-state index in [4.69, 9.17) is 4.74 Å². The van der Waals surface area contributed by atoms with E-state index < -0.39 is 16.0 Å². The van der Waals surface area contributed by atoms with Crippen molar-refractivity contribution in [3.05, 3.63) is 29.8 Å². The largest absolute Gasteiger partial charge is 0.465 e. The van der Waals surface area contributed by atoms with Crippen molar-refractivity contribution in [2.24, 2.45) is 11.8 Å². The summed E-state index contributed by atoms with van der Waals surface area (Å²) in [5, 5.41) is 3.26. The zero-order chi connectivity index (χ0) is 22.4. The molecule has 1 heterocycles. The Labute approximate surface area is 185 Å². The number of nitrogens with one attached hydrogen (secondary N) is 1. The number of carbonyl (C=O) groups excluding carboxylic acids is 2. The first kappa shape index (κ1) is 23.7. The summed E-state index contributed by atoms with van der Waals surface area (Å²) in [7, 11) is -2.61. The van der Waals surface area contributed by atoms with Gasteiger partial charge in [-0.25, -0.2) is 13.2 Å². The Morgan fingerprint density at radius 2 is 1.84 bits per heavy atom. The molecule has 0 spiro atoms. The minimum Gasteiger partial charge on any atom is -0.465 e. The van der Waals surface area contributed by atoms with E-state index in [1.165, 1.54) is 42.8 Å². The molecule has 8 heteroatoms. The molecule has 1 aliphatic carbocycles. The van der Waals surface area contributed by atoms with Gasteiger partial charge in [0.1, 0.15) is 0 Å². The summed E-state index contributed by atoms with van der Waals surface area (Å²) in [6.07, 6.45) is 7.88. The van der Waals surface area contributed by atoms with Crippen LogP contribution in [0.3, 0.4) is 0 Å². The Morgan fingerprint density at radius 1 is 1.13 bits per heavy atom. The number of methoxy groups -OCH3 is 1. The molecule has 0 radical (unpaired) electrons. The maximum absolute atomic E-state index is 13.1. The first-order chi connectivity index (χ1) is 14.9. The maximum Gasteiger partial charge on any atom is 0.339 e. The third kappa shape index (κ3) is 5.47. The highest BCUT2D eigenvalue weighted by Crippen LogP contribution is 2.31. The van der Waals surface area contributed by atoms with Crippen molar-refractivity contribution in [1.29, 1.82) is 0 Å². The number of piperidine rings is 1. The fraction of sp³-hybridized carbons (Fsp3) is 0.652. The van der Waals surface area contributed by atoms with Crippen LogP contribution < -0.4 is 5.32 Å². The van der Waals surface area contributed by atoms with Gasteiger partial charge in [0, 0.05) is 25.0 Å². The number of sulfonamides is 1. The Bertz CT molecular complexity index is 878. The van der Waals surface area contributed by atoms with Crippen molar-refractivity contribution in [3.8, 4) is 0 Å². The summed E-state index contributed by atoms with van der Waals surface area (Å²) in [6.45, 7) is 2.72. The van der Waals surface area contributed by atoms with Crippen molar-refractivity contribution in [1.82, 2.24) is 9.62 Å². The number of hydrogen-bond acceptors (Lipinski definition) is 5. The van der Waals surface area contributed by atoms with Crippen LogP contribution in [0.25, 0.3) is 0 Å². The Balaban J connectivity index is 1.60. The summed E-state index contributed by atoms with van der Waals surface area (Å²) in [5.74, 6) is -0.225. The molecule has 2 unspecified atom stereocenters. The monoisotopic (exact) mass is 450 g/mol. The highest BCUT2D eigenvalue weighted by Gasteiger charge is 2.36. The molecule has 1 saturated carbocycles. The van der Waals surface area contributed by atoms with E-state index in [2.05, 4.69) is 12.2 Å². The Kier molecular flexibility index (Phi) is 8.11. The lowest BCUT2D eigenvalue weighted by Crippen LogP contribution is -2.46.